The molecule has 4 atom stereocenters. The Morgan fingerprint density at radius 1 is 1.42 bits per heavy atom. The minimum atomic E-state index is -0.560. The smallest absolute Gasteiger partial charge is 0.232 e. The molecule has 0 saturated carbocycles. The number of nitrogens with zero attached hydrogens (tertiary/aromatic N) is 1. The summed E-state index contributed by atoms with van der Waals surface area (Å²) in [6.45, 7) is 8.79. The summed E-state index contributed by atoms with van der Waals surface area (Å²) in [6.07, 6.45) is 3.23. The Labute approximate surface area is 116 Å². The number of hydrogen-bond acceptors (Lipinski definition) is 3. The van der Waals surface area contributed by atoms with Crippen LogP contribution in [0.15, 0.2) is 0 Å². The second kappa shape index (κ2) is 5.41. The topological polar surface area (TPSA) is 49.8 Å². The Morgan fingerprint density at radius 2 is 2.00 bits per heavy atom. The van der Waals surface area contributed by atoms with Gasteiger partial charge in [-0.15, -0.1) is 0 Å². The van der Waals surface area contributed by atoms with Crippen molar-refractivity contribution in [3.63, 3.8) is 0 Å². The van der Waals surface area contributed by atoms with Crippen molar-refractivity contribution < 1.29 is 14.6 Å². The molecule has 0 bridgehead atoms. The van der Waals surface area contributed by atoms with Crippen molar-refractivity contribution in [3.8, 4) is 0 Å². The lowest BCUT2D eigenvalue weighted by Gasteiger charge is -2.62. The molecular formula is C15H27NO3. The molecule has 2 aliphatic rings. The SMILES string of the molecule is CCCC1(CCC)OC[C@H](C)[C@H]2[C@@H]([C@@H](C)O)C(=O)N21. The van der Waals surface area contributed by atoms with Crippen LogP contribution in [0.2, 0.25) is 0 Å². The number of hydrogen-bond donors (Lipinski definition) is 1. The molecule has 1 amide bonds. The van der Waals surface area contributed by atoms with Crippen molar-refractivity contribution in [2.24, 2.45) is 11.8 Å². The van der Waals surface area contributed by atoms with Gasteiger partial charge in [0.15, 0.2) is 0 Å². The van der Waals surface area contributed by atoms with Gasteiger partial charge in [-0.2, -0.15) is 0 Å². The highest BCUT2D eigenvalue weighted by Crippen LogP contribution is 2.47. The Kier molecular flexibility index (Phi) is 4.21. The van der Waals surface area contributed by atoms with E-state index in [0.717, 1.165) is 25.7 Å². The minimum Gasteiger partial charge on any atom is -0.393 e. The van der Waals surface area contributed by atoms with Gasteiger partial charge < -0.3 is 14.7 Å². The maximum Gasteiger partial charge on any atom is 0.232 e. The van der Waals surface area contributed by atoms with Gasteiger partial charge in [-0.05, 0) is 19.8 Å². The Bertz CT molecular complexity index is 336. The zero-order valence-corrected chi connectivity index (χ0v) is 12.6. The van der Waals surface area contributed by atoms with E-state index in [2.05, 4.69) is 20.8 Å². The van der Waals surface area contributed by atoms with Crippen LogP contribution in [-0.4, -0.2) is 40.4 Å². The molecule has 0 aromatic rings. The van der Waals surface area contributed by atoms with E-state index in [9.17, 15) is 9.90 Å². The number of amides is 1. The molecule has 4 nitrogen and oxygen atoms in total. The first-order valence-electron chi connectivity index (χ1n) is 7.63. The molecule has 19 heavy (non-hydrogen) atoms. The number of β-lactam (4-membered cyclic amide) rings is 1. The summed E-state index contributed by atoms with van der Waals surface area (Å²) < 4.78 is 6.11. The van der Waals surface area contributed by atoms with Crippen molar-refractivity contribution >= 4 is 5.91 Å². The molecule has 2 rings (SSSR count). The number of ether oxygens (including phenoxy) is 1. The van der Waals surface area contributed by atoms with Crippen molar-refractivity contribution in [1.29, 1.82) is 0 Å². The second-order valence-corrected chi connectivity index (χ2v) is 6.20. The van der Waals surface area contributed by atoms with Crippen LogP contribution in [0.4, 0.5) is 0 Å². The molecule has 4 heteroatoms. The zero-order chi connectivity index (χ0) is 14.2. The quantitative estimate of drug-likeness (QED) is 0.778. The largest absolute Gasteiger partial charge is 0.393 e. The predicted octanol–water partition coefficient (Wildman–Crippen LogP) is 2.16. The molecule has 0 aliphatic carbocycles. The highest BCUT2D eigenvalue weighted by molar-refractivity contribution is 5.87. The molecule has 2 saturated heterocycles. The molecule has 0 radical (unpaired) electrons. The summed E-state index contributed by atoms with van der Waals surface area (Å²) in [4.78, 5) is 14.4. The van der Waals surface area contributed by atoms with Gasteiger partial charge >= 0.3 is 0 Å². The summed E-state index contributed by atoms with van der Waals surface area (Å²) in [6, 6.07) is 0.152. The van der Waals surface area contributed by atoms with Gasteiger partial charge in [-0.3, -0.25) is 4.79 Å². The third kappa shape index (κ3) is 2.19. The van der Waals surface area contributed by atoms with Gasteiger partial charge in [0, 0.05) is 5.92 Å². The van der Waals surface area contributed by atoms with Gasteiger partial charge in [0.1, 0.15) is 5.72 Å². The molecule has 2 aliphatic heterocycles. The van der Waals surface area contributed by atoms with Crippen molar-refractivity contribution in [3.05, 3.63) is 0 Å². The van der Waals surface area contributed by atoms with E-state index in [0.29, 0.717) is 12.5 Å². The highest BCUT2D eigenvalue weighted by Gasteiger charge is 2.61. The number of carbonyl (C=O) groups is 1. The van der Waals surface area contributed by atoms with Gasteiger partial charge in [0.05, 0.1) is 24.7 Å². The zero-order valence-electron chi connectivity index (χ0n) is 12.6. The molecule has 0 unspecified atom stereocenters. The molecule has 0 aromatic heterocycles. The van der Waals surface area contributed by atoms with Crippen LogP contribution in [0.1, 0.15) is 53.4 Å². The van der Waals surface area contributed by atoms with E-state index in [-0.39, 0.29) is 17.9 Å². The maximum atomic E-state index is 12.4. The normalized spacial score (nSPS) is 34.7. The van der Waals surface area contributed by atoms with Gasteiger partial charge in [-0.1, -0.05) is 33.6 Å². The second-order valence-electron chi connectivity index (χ2n) is 6.20. The van der Waals surface area contributed by atoms with E-state index >= 15 is 0 Å². The fourth-order valence-corrected chi connectivity index (χ4v) is 3.85. The van der Waals surface area contributed by atoms with Crippen molar-refractivity contribution in [2.75, 3.05) is 6.61 Å². The highest BCUT2D eigenvalue weighted by atomic mass is 16.5. The lowest BCUT2D eigenvalue weighted by molar-refractivity contribution is -0.272. The monoisotopic (exact) mass is 269 g/mol. The summed E-state index contributed by atoms with van der Waals surface area (Å²) in [5.41, 5.74) is -0.414. The third-order valence-corrected chi connectivity index (χ3v) is 4.63. The van der Waals surface area contributed by atoms with Gasteiger partial charge in [0.2, 0.25) is 5.91 Å². The molecule has 0 spiro atoms. The van der Waals surface area contributed by atoms with E-state index in [1.54, 1.807) is 6.92 Å². The maximum absolute atomic E-state index is 12.4. The Morgan fingerprint density at radius 3 is 2.47 bits per heavy atom. The average Bonchev–Trinajstić information content (AvgIpc) is 2.32. The lowest BCUT2D eigenvalue weighted by atomic mass is 9.72. The fourth-order valence-electron chi connectivity index (χ4n) is 3.85. The van der Waals surface area contributed by atoms with E-state index in [1.807, 2.05) is 4.90 Å². The van der Waals surface area contributed by atoms with Crippen LogP contribution in [0.25, 0.3) is 0 Å². The van der Waals surface area contributed by atoms with E-state index < -0.39 is 11.8 Å². The van der Waals surface area contributed by atoms with Crippen LogP contribution in [-0.2, 0) is 9.53 Å². The number of carbonyl (C=O) groups excluding carboxylic acids is 1. The molecule has 110 valence electrons. The number of aliphatic hydroxyl groups is 1. The number of fused-ring (bicyclic) bond motifs is 1. The molecule has 2 fully saturated rings. The number of aliphatic hydroxyl groups excluding tert-OH is 1. The summed E-state index contributed by atoms with van der Waals surface area (Å²) in [5.74, 6) is 0.152. The molecular weight excluding hydrogens is 242 g/mol. The summed E-state index contributed by atoms with van der Waals surface area (Å²) in [7, 11) is 0. The standard InChI is InChI=1S/C15H27NO3/c1-5-7-15(8-6-2)16-13(10(3)9-19-15)12(11(4)17)14(16)18/h10-13,17H,5-9H2,1-4H3/t10-,11+,12+,13-/m0/s1. The lowest BCUT2D eigenvalue weighted by Crippen LogP contribution is -2.77. The first-order valence-corrected chi connectivity index (χ1v) is 7.63. The minimum absolute atomic E-state index is 0.0773. The van der Waals surface area contributed by atoms with Crippen LogP contribution >= 0.6 is 0 Å². The predicted molar refractivity (Wildman–Crippen MR) is 73.5 cm³/mol. The summed E-state index contributed by atoms with van der Waals surface area (Å²) in [5, 5.41) is 9.84. The molecule has 1 N–H and O–H groups in total. The molecule has 2 heterocycles. The molecule has 0 aromatic carbocycles. The third-order valence-electron chi connectivity index (χ3n) is 4.63. The van der Waals surface area contributed by atoms with Gasteiger partial charge in [0.25, 0.3) is 0 Å². The Hall–Kier alpha value is -0.610. The Balaban J connectivity index is 2.27. The van der Waals surface area contributed by atoms with E-state index in [1.165, 1.54) is 0 Å². The van der Waals surface area contributed by atoms with Crippen LogP contribution < -0.4 is 0 Å². The first-order chi connectivity index (χ1) is 8.98. The van der Waals surface area contributed by atoms with Crippen LogP contribution in [0.3, 0.4) is 0 Å². The average molecular weight is 269 g/mol. The van der Waals surface area contributed by atoms with Crippen LogP contribution in [0.5, 0.6) is 0 Å². The van der Waals surface area contributed by atoms with Crippen molar-refractivity contribution in [2.45, 2.75) is 71.2 Å². The fraction of sp³-hybridized carbons (Fsp3) is 0.933. The number of rotatable bonds is 5. The summed E-state index contributed by atoms with van der Waals surface area (Å²) >= 11 is 0. The van der Waals surface area contributed by atoms with Crippen LogP contribution in [0, 0.1) is 11.8 Å². The van der Waals surface area contributed by atoms with Gasteiger partial charge in [-0.25, -0.2) is 0 Å². The van der Waals surface area contributed by atoms with E-state index in [4.69, 9.17) is 4.74 Å². The van der Waals surface area contributed by atoms with Crippen molar-refractivity contribution in [1.82, 2.24) is 4.90 Å². The first kappa shape index (κ1) is 14.8.